The summed E-state index contributed by atoms with van der Waals surface area (Å²) in [7, 11) is 0. The Morgan fingerprint density at radius 3 is 2.82 bits per heavy atom. The molecule has 1 heterocycles. The predicted octanol–water partition coefficient (Wildman–Crippen LogP) is 1.55. The molecule has 1 saturated carbocycles. The molecular weight excluding hydrogens is 158 g/mol. The SMILES string of the molecule is NOCC1(C2CCCS2)CC1. The molecule has 0 spiro atoms. The van der Waals surface area contributed by atoms with Crippen molar-refractivity contribution in [2.75, 3.05) is 12.4 Å². The van der Waals surface area contributed by atoms with Gasteiger partial charge in [-0.05, 0) is 31.4 Å². The Bertz CT molecular complexity index is 141. The second-order valence-electron chi connectivity index (χ2n) is 3.68. The molecule has 2 nitrogen and oxygen atoms in total. The van der Waals surface area contributed by atoms with Crippen LogP contribution in [-0.2, 0) is 4.84 Å². The maximum absolute atomic E-state index is 5.11. The maximum Gasteiger partial charge on any atom is 0.0746 e. The molecular formula is C8H15NOS. The van der Waals surface area contributed by atoms with E-state index in [0.29, 0.717) is 5.41 Å². The van der Waals surface area contributed by atoms with Crippen LogP contribution in [0.3, 0.4) is 0 Å². The van der Waals surface area contributed by atoms with Gasteiger partial charge in [-0.25, -0.2) is 5.90 Å². The van der Waals surface area contributed by atoms with Gasteiger partial charge < -0.3 is 4.84 Å². The van der Waals surface area contributed by atoms with Gasteiger partial charge >= 0.3 is 0 Å². The van der Waals surface area contributed by atoms with Crippen LogP contribution in [0.15, 0.2) is 0 Å². The van der Waals surface area contributed by atoms with Crippen molar-refractivity contribution in [3.05, 3.63) is 0 Å². The average Bonchev–Trinajstić information content (AvgIpc) is 2.63. The molecule has 0 radical (unpaired) electrons. The van der Waals surface area contributed by atoms with Crippen LogP contribution < -0.4 is 5.90 Å². The van der Waals surface area contributed by atoms with Gasteiger partial charge in [0.2, 0.25) is 0 Å². The highest BCUT2D eigenvalue weighted by Gasteiger charge is 2.50. The van der Waals surface area contributed by atoms with E-state index in [9.17, 15) is 0 Å². The lowest BCUT2D eigenvalue weighted by atomic mass is 10.0. The normalized spacial score (nSPS) is 34.1. The van der Waals surface area contributed by atoms with E-state index in [2.05, 4.69) is 11.8 Å². The van der Waals surface area contributed by atoms with E-state index in [1.54, 1.807) is 0 Å². The molecule has 1 aliphatic carbocycles. The quantitative estimate of drug-likeness (QED) is 0.658. The minimum absolute atomic E-state index is 0.496. The molecule has 3 heteroatoms. The summed E-state index contributed by atoms with van der Waals surface area (Å²) in [5, 5.41) is 0.853. The lowest BCUT2D eigenvalue weighted by molar-refractivity contribution is 0.0902. The zero-order valence-electron chi connectivity index (χ0n) is 6.71. The number of thioether (sulfide) groups is 1. The van der Waals surface area contributed by atoms with Crippen molar-refractivity contribution in [1.82, 2.24) is 0 Å². The van der Waals surface area contributed by atoms with Gasteiger partial charge in [0, 0.05) is 10.7 Å². The minimum atomic E-state index is 0.496. The first-order valence-corrected chi connectivity index (χ1v) is 5.36. The van der Waals surface area contributed by atoms with E-state index in [1.807, 2.05) is 0 Å². The standard InChI is InChI=1S/C8H15NOS/c9-10-6-8(3-4-8)7-2-1-5-11-7/h7H,1-6,9H2. The fourth-order valence-corrected chi connectivity index (χ4v) is 3.55. The Labute approximate surface area is 71.8 Å². The zero-order valence-corrected chi connectivity index (χ0v) is 7.53. The highest BCUT2D eigenvalue weighted by molar-refractivity contribution is 8.00. The maximum atomic E-state index is 5.11. The molecule has 2 N–H and O–H groups in total. The second kappa shape index (κ2) is 2.96. The van der Waals surface area contributed by atoms with Crippen LogP contribution in [0.2, 0.25) is 0 Å². The van der Waals surface area contributed by atoms with Gasteiger partial charge in [-0.2, -0.15) is 11.8 Å². The third kappa shape index (κ3) is 1.42. The fraction of sp³-hybridized carbons (Fsp3) is 1.00. The second-order valence-corrected chi connectivity index (χ2v) is 4.99. The molecule has 2 fully saturated rings. The first kappa shape index (κ1) is 7.90. The lowest BCUT2D eigenvalue weighted by Crippen LogP contribution is -2.23. The lowest BCUT2D eigenvalue weighted by Gasteiger charge is -2.19. The van der Waals surface area contributed by atoms with Crippen LogP contribution in [0.25, 0.3) is 0 Å². The summed E-state index contributed by atoms with van der Waals surface area (Å²) in [6.07, 6.45) is 5.44. The largest absolute Gasteiger partial charge is 0.304 e. The van der Waals surface area contributed by atoms with Gasteiger partial charge in [0.25, 0.3) is 0 Å². The highest BCUT2D eigenvalue weighted by atomic mass is 32.2. The molecule has 1 atom stereocenters. The summed E-state index contributed by atoms with van der Waals surface area (Å²) in [5.41, 5.74) is 0.496. The smallest absolute Gasteiger partial charge is 0.0746 e. The molecule has 11 heavy (non-hydrogen) atoms. The molecule has 64 valence electrons. The molecule has 0 bridgehead atoms. The van der Waals surface area contributed by atoms with Crippen LogP contribution in [0, 0.1) is 5.41 Å². The monoisotopic (exact) mass is 173 g/mol. The van der Waals surface area contributed by atoms with Gasteiger partial charge in [-0.3, -0.25) is 0 Å². The third-order valence-corrected chi connectivity index (χ3v) is 4.54. The number of nitrogens with two attached hydrogens (primary N) is 1. The summed E-state index contributed by atoms with van der Waals surface area (Å²) in [6, 6.07) is 0. The Morgan fingerprint density at radius 2 is 2.36 bits per heavy atom. The Morgan fingerprint density at radius 1 is 1.55 bits per heavy atom. The summed E-state index contributed by atoms with van der Waals surface area (Å²) in [4.78, 5) is 4.77. The number of hydrogen-bond donors (Lipinski definition) is 1. The van der Waals surface area contributed by atoms with E-state index in [0.717, 1.165) is 11.9 Å². The molecule has 1 unspecified atom stereocenters. The number of rotatable bonds is 3. The van der Waals surface area contributed by atoms with E-state index >= 15 is 0 Å². The van der Waals surface area contributed by atoms with Crippen molar-refractivity contribution in [3.63, 3.8) is 0 Å². The predicted molar refractivity (Wildman–Crippen MR) is 47.3 cm³/mol. The molecule has 0 aromatic carbocycles. The van der Waals surface area contributed by atoms with Crippen LogP contribution >= 0.6 is 11.8 Å². The van der Waals surface area contributed by atoms with Gasteiger partial charge in [0.05, 0.1) is 6.61 Å². The van der Waals surface area contributed by atoms with E-state index in [-0.39, 0.29) is 0 Å². The third-order valence-electron chi connectivity index (χ3n) is 2.88. The molecule has 2 aliphatic rings. The van der Waals surface area contributed by atoms with Crippen molar-refractivity contribution < 1.29 is 4.84 Å². The molecule has 2 rings (SSSR count). The Kier molecular flexibility index (Phi) is 2.12. The zero-order chi connectivity index (χ0) is 7.73. The van der Waals surface area contributed by atoms with Crippen LogP contribution in [-0.4, -0.2) is 17.6 Å². The molecule has 1 saturated heterocycles. The molecule has 0 aromatic heterocycles. The molecule has 1 aliphatic heterocycles. The van der Waals surface area contributed by atoms with Crippen molar-refractivity contribution in [1.29, 1.82) is 0 Å². The van der Waals surface area contributed by atoms with Crippen molar-refractivity contribution in [2.45, 2.75) is 30.9 Å². The van der Waals surface area contributed by atoms with E-state index < -0.39 is 0 Å². The van der Waals surface area contributed by atoms with Crippen LogP contribution in [0.5, 0.6) is 0 Å². The van der Waals surface area contributed by atoms with Crippen molar-refractivity contribution in [2.24, 2.45) is 11.3 Å². The first-order valence-electron chi connectivity index (χ1n) is 4.31. The Balaban J connectivity index is 1.91. The van der Waals surface area contributed by atoms with E-state index in [4.69, 9.17) is 10.7 Å². The Hall–Kier alpha value is 0.270. The summed E-state index contributed by atoms with van der Waals surface area (Å²) in [6.45, 7) is 0.782. The number of hydrogen-bond acceptors (Lipinski definition) is 3. The summed E-state index contributed by atoms with van der Waals surface area (Å²) < 4.78 is 0. The topological polar surface area (TPSA) is 35.2 Å². The van der Waals surface area contributed by atoms with Crippen molar-refractivity contribution in [3.8, 4) is 0 Å². The average molecular weight is 173 g/mol. The van der Waals surface area contributed by atoms with Gasteiger partial charge in [-0.1, -0.05) is 0 Å². The van der Waals surface area contributed by atoms with E-state index in [1.165, 1.54) is 31.4 Å². The summed E-state index contributed by atoms with van der Waals surface area (Å²) >= 11 is 2.12. The molecule has 0 aromatic rings. The minimum Gasteiger partial charge on any atom is -0.304 e. The van der Waals surface area contributed by atoms with Gasteiger partial charge in [-0.15, -0.1) is 0 Å². The first-order chi connectivity index (χ1) is 5.37. The van der Waals surface area contributed by atoms with Crippen molar-refractivity contribution >= 4 is 11.8 Å². The van der Waals surface area contributed by atoms with Crippen LogP contribution in [0.4, 0.5) is 0 Å². The summed E-state index contributed by atoms with van der Waals surface area (Å²) in [5.74, 6) is 6.46. The highest BCUT2D eigenvalue weighted by Crippen LogP contribution is 2.56. The van der Waals surface area contributed by atoms with Gasteiger partial charge in [0.1, 0.15) is 0 Å². The van der Waals surface area contributed by atoms with Crippen LogP contribution in [0.1, 0.15) is 25.7 Å². The fourth-order valence-electron chi connectivity index (χ4n) is 1.95. The van der Waals surface area contributed by atoms with Gasteiger partial charge in [0.15, 0.2) is 0 Å². The molecule has 0 amide bonds.